The summed E-state index contributed by atoms with van der Waals surface area (Å²) in [6.45, 7) is 3.48. The summed E-state index contributed by atoms with van der Waals surface area (Å²) >= 11 is 0. The largest absolute Gasteiger partial charge is 0.480 e. The van der Waals surface area contributed by atoms with Crippen LogP contribution in [0.3, 0.4) is 0 Å². The molecule has 0 radical (unpaired) electrons. The van der Waals surface area contributed by atoms with E-state index >= 15 is 0 Å². The molecule has 1 fully saturated rings. The van der Waals surface area contributed by atoms with Crippen LogP contribution >= 0.6 is 0 Å². The Kier molecular flexibility index (Phi) is 3.13. The van der Waals surface area contributed by atoms with E-state index in [1.54, 1.807) is 6.92 Å². The number of carboxylic acids is 1. The molecular formula is C10H17NO3. The fraction of sp³-hybridized carbons (Fsp3) is 0.800. The topological polar surface area (TPSA) is 66.4 Å². The Morgan fingerprint density at radius 1 is 1.50 bits per heavy atom. The lowest BCUT2D eigenvalue weighted by Crippen LogP contribution is -2.52. The maximum absolute atomic E-state index is 11.4. The molecule has 1 atom stereocenters. The zero-order chi connectivity index (χ0) is 10.8. The van der Waals surface area contributed by atoms with Crippen LogP contribution in [0.15, 0.2) is 0 Å². The van der Waals surface area contributed by atoms with E-state index in [2.05, 4.69) is 5.32 Å². The summed E-state index contributed by atoms with van der Waals surface area (Å²) < 4.78 is 0. The summed E-state index contributed by atoms with van der Waals surface area (Å²) in [5.41, 5.74) is -1.09. The summed E-state index contributed by atoms with van der Waals surface area (Å²) in [5, 5.41) is 11.6. The molecule has 4 heteroatoms. The second-order valence-corrected chi connectivity index (χ2v) is 4.15. The highest BCUT2D eigenvalue weighted by atomic mass is 16.4. The molecule has 2 N–H and O–H groups in total. The fourth-order valence-electron chi connectivity index (χ4n) is 1.44. The molecule has 14 heavy (non-hydrogen) atoms. The van der Waals surface area contributed by atoms with Crippen LogP contribution in [-0.4, -0.2) is 22.5 Å². The van der Waals surface area contributed by atoms with Gasteiger partial charge in [0, 0.05) is 5.92 Å². The van der Waals surface area contributed by atoms with Gasteiger partial charge in [-0.3, -0.25) is 4.79 Å². The van der Waals surface area contributed by atoms with Gasteiger partial charge < -0.3 is 10.4 Å². The highest BCUT2D eigenvalue weighted by Crippen LogP contribution is 2.30. The van der Waals surface area contributed by atoms with E-state index in [0.29, 0.717) is 6.42 Å². The SMILES string of the molecule is CCCC(C)(NC(=O)C1CC1)C(=O)O. The number of carboxylic acid groups (broad SMARTS) is 1. The van der Waals surface area contributed by atoms with Gasteiger partial charge in [0.15, 0.2) is 0 Å². The Morgan fingerprint density at radius 2 is 2.07 bits per heavy atom. The summed E-state index contributed by atoms with van der Waals surface area (Å²) in [5.74, 6) is -0.998. The number of carbonyl (C=O) groups is 2. The monoisotopic (exact) mass is 199 g/mol. The maximum Gasteiger partial charge on any atom is 0.329 e. The number of aliphatic carboxylic acids is 1. The van der Waals surface area contributed by atoms with Crippen molar-refractivity contribution >= 4 is 11.9 Å². The van der Waals surface area contributed by atoms with Gasteiger partial charge >= 0.3 is 5.97 Å². The first-order chi connectivity index (χ1) is 6.49. The lowest BCUT2D eigenvalue weighted by atomic mass is 9.96. The van der Waals surface area contributed by atoms with Crippen molar-refractivity contribution in [1.29, 1.82) is 0 Å². The van der Waals surface area contributed by atoms with Crippen molar-refractivity contribution in [3.05, 3.63) is 0 Å². The molecule has 0 aromatic heterocycles. The van der Waals surface area contributed by atoms with Gasteiger partial charge in [-0.25, -0.2) is 4.79 Å². The standard InChI is InChI=1S/C10H17NO3/c1-3-6-10(2,9(13)14)11-8(12)7-4-5-7/h7H,3-6H2,1-2H3,(H,11,12)(H,13,14). The normalized spacial score (nSPS) is 19.9. The Morgan fingerprint density at radius 3 is 2.43 bits per heavy atom. The number of nitrogens with one attached hydrogen (secondary N) is 1. The molecule has 1 unspecified atom stereocenters. The lowest BCUT2D eigenvalue weighted by Gasteiger charge is -2.25. The van der Waals surface area contributed by atoms with Gasteiger partial charge in [0.25, 0.3) is 0 Å². The molecule has 0 aromatic carbocycles. The van der Waals surface area contributed by atoms with Gasteiger partial charge in [0.05, 0.1) is 0 Å². The van der Waals surface area contributed by atoms with Gasteiger partial charge in [-0.15, -0.1) is 0 Å². The van der Waals surface area contributed by atoms with Crippen LogP contribution in [0.25, 0.3) is 0 Å². The van der Waals surface area contributed by atoms with Crippen LogP contribution in [0.2, 0.25) is 0 Å². The molecular weight excluding hydrogens is 182 g/mol. The minimum atomic E-state index is -1.09. The molecule has 1 aliphatic carbocycles. The number of rotatable bonds is 5. The number of carbonyl (C=O) groups excluding carboxylic acids is 1. The second kappa shape index (κ2) is 3.98. The molecule has 1 rings (SSSR count). The first-order valence-corrected chi connectivity index (χ1v) is 5.05. The van der Waals surface area contributed by atoms with Gasteiger partial charge in [0.2, 0.25) is 5.91 Å². The number of hydrogen-bond donors (Lipinski definition) is 2. The van der Waals surface area contributed by atoms with Crippen molar-refractivity contribution < 1.29 is 14.7 Å². The van der Waals surface area contributed by atoms with Crippen molar-refractivity contribution in [2.45, 2.75) is 45.1 Å². The Labute approximate surface area is 83.7 Å². The molecule has 0 spiro atoms. The average Bonchev–Trinajstić information content (AvgIpc) is 2.85. The molecule has 0 aromatic rings. The molecule has 1 saturated carbocycles. The smallest absolute Gasteiger partial charge is 0.329 e. The van der Waals surface area contributed by atoms with E-state index < -0.39 is 11.5 Å². The van der Waals surface area contributed by atoms with E-state index in [0.717, 1.165) is 19.3 Å². The van der Waals surface area contributed by atoms with E-state index in [1.807, 2.05) is 6.92 Å². The van der Waals surface area contributed by atoms with Crippen LogP contribution in [0, 0.1) is 5.92 Å². The van der Waals surface area contributed by atoms with E-state index in [-0.39, 0.29) is 11.8 Å². The maximum atomic E-state index is 11.4. The summed E-state index contributed by atoms with van der Waals surface area (Å²) in [6, 6.07) is 0. The predicted octanol–water partition coefficient (Wildman–Crippen LogP) is 1.16. The van der Waals surface area contributed by atoms with Crippen molar-refractivity contribution in [3.8, 4) is 0 Å². The van der Waals surface area contributed by atoms with Crippen molar-refractivity contribution in [1.82, 2.24) is 5.32 Å². The molecule has 0 saturated heterocycles. The summed E-state index contributed by atoms with van der Waals surface area (Å²) in [4.78, 5) is 22.4. The first kappa shape index (κ1) is 11.0. The third kappa shape index (κ3) is 2.47. The quantitative estimate of drug-likeness (QED) is 0.698. The Balaban J connectivity index is 2.57. The first-order valence-electron chi connectivity index (χ1n) is 5.05. The number of amides is 1. The highest BCUT2D eigenvalue weighted by Gasteiger charge is 2.38. The van der Waals surface area contributed by atoms with Crippen LogP contribution in [-0.2, 0) is 9.59 Å². The van der Waals surface area contributed by atoms with Gasteiger partial charge in [-0.05, 0) is 26.2 Å². The van der Waals surface area contributed by atoms with Crippen LogP contribution < -0.4 is 5.32 Å². The second-order valence-electron chi connectivity index (χ2n) is 4.15. The molecule has 0 bridgehead atoms. The molecule has 0 heterocycles. The fourth-order valence-corrected chi connectivity index (χ4v) is 1.44. The lowest BCUT2D eigenvalue weighted by molar-refractivity contribution is -0.147. The summed E-state index contributed by atoms with van der Waals surface area (Å²) in [7, 11) is 0. The molecule has 1 aliphatic rings. The van der Waals surface area contributed by atoms with Crippen molar-refractivity contribution in [2.75, 3.05) is 0 Å². The van der Waals surface area contributed by atoms with Crippen molar-refractivity contribution in [2.24, 2.45) is 5.92 Å². The van der Waals surface area contributed by atoms with Gasteiger partial charge in [-0.1, -0.05) is 13.3 Å². The van der Waals surface area contributed by atoms with Gasteiger partial charge in [-0.2, -0.15) is 0 Å². The van der Waals surface area contributed by atoms with Crippen LogP contribution in [0.4, 0.5) is 0 Å². The van der Waals surface area contributed by atoms with Crippen molar-refractivity contribution in [3.63, 3.8) is 0 Å². The van der Waals surface area contributed by atoms with E-state index in [9.17, 15) is 9.59 Å². The molecule has 0 aliphatic heterocycles. The molecule has 4 nitrogen and oxygen atoms in total. The zero-order valence-electron chi connectivity index (χ0n) is 8.67. The zero-order valence-corrected chi connectivity index (χ0v) is 8.67. The van der Waals surface area contributed by atoms with Gasteiger partial charge in [0.1, 0.15) is 5.54 Å². The summed E-state index contributed by atoms with van der Waals surface area (Å²) in [6.07, 6.45) is 3.01. The molecule has 80 valence electrons. The highest BCUT2D eigenvalue weighted by molar-refractivity contribution is 5.88. The average molecular weight is 199 g/mol. The Hall–Kier alpha value is -1.06. The van der Waals surface area contributed by atoms with Crippen LogP contribution in [0.1, 0.15) is 39.5 Å². The van der Waals surface area contributed by atoms with E-state index in [4.69, 9.17) is 5.11 Å². The third-order valence-corrected chi connectivity index (χ3v) is 2.57. The van der Waals surface area contributed by atoms with Crippen LogP contribution in [0.5, 0.6) is 0 Å². The minimum absolute atomic E-state index is 0.0607. The van der Waals surface area contributed by atoms with E-state index in [1.165, 1.54) is 0 Å². The number of hydrogen-bond acceptors (Lipinski definition) is 2. The molecule has 1 amide bonds. The Bertz CT molecular complexity index is 248. The third-order valence-electron chi connectivity index (χ3n) is 2.57. The predicted molar refractivity (Wildman–Crippen MR) is 51.8 cm³/mol. The minimum Gasteiger partial charge on any atom is -0.480 e.